The van der Waals surface area contributed by atoms with Crippen molar-refractivity contribution < 1.29 is 36.3 Å². The molecule has 2 aliphatic heterocycles. The average Bonchev–Trinajstić information content (AvgIpc) is 3.89. The van der Waals surface area contributed by atoms with E-state index in [4.69, 9.17) is 0 Å². The van der Waals surface area contributed by atoms with Gasteiger partial charge in [-0.3, -0.25) is 37.9 Å². The summed E-state index contributed by atoms with van der Waals surface area (Å²) in [7, 11) is 3.83. The molecule has 8 rings (SSSR count). The molecule has 1 aromatic carbocycles. The predicted octanol–water partition coefficient (Wildman–Crippen LogP) is 5.10. The number of aryl methyl sites for hydroxylation is 1. The molecule has 2 N–H and O–H groups in total. The van der Waals surface area contributed by atoms with Gasteiger partial charge < -0.3 is 15.1 Å². The first-order valence-electron chi connectivity index (χ1n) is 19.3. The highest BCUT2D eigenvalue weighted by molar-refractivity contribution is 6.07. The zero-order valence-electron chi connectivity index (χ0n) is 31.8. The third-order valence-electron chi connectivity index (χ3n) is 11.9. The molecule has 0 spiro atoms. The molecule has 1 unspecified atom stereocenters. The van der Waals surface area contributed by atoms with E-state index in [1.54, 1.807) is 11.6 Å². The Morgan fingerprint density at radius 2 is 1.78 bits per heavy atom. The van der Waals surface area contributed by atoms with Crippen molar-refractivity contribution in [1.82, 2.24) is 43.5 Å². The molecule has 0 bridgehead atoms. The minimum Gasteiger partial charge on any atom is -0.370 e. The standard InChI is InChI=1S/C38H42F5N11O4/c1-49(22-12-15-51(16-13-22)25-4-3-5-26-32(25)50(2)37(58)54(26)27-10-11-29(55)47-35(27)56)18-21-6-8-23(9-7-21)53-19-24(30(48-53)33(39)40)45-36(57)31-34-46-28(38(41,42)43)14-17-52(34)20-44-31/h3-5,14,17,19-23,27,33H,6-13,15-16,18H2,1-2H3,(H,45,57)(H,47,55,56)/t21-,23-,27?. The van der Waals surface area contributed by atoms with Gasteiger partial charge >= 0.3 is 11.9 Å². The Kier molecular flexibility index (Phi) is 10.3. The number of halogens is 5. The Labute approximate surface area is 327 Å². The Balaban J connectivity index is 0.871. The first-order chi connectivity index (χ1) is 27.7. The molecular formula is C38H42F5N11O4. The number of hydrogen-bond donors (Lipinski definition) is 2. The van der Waals surface area contributed by atoms with E-state index in [1.165, 1.54) is 15.4 Å². The van der Waals surface area contributed by atoms with Crippen molar-refractivity contribution in [3.63, 3.8) is 0 Å². The summed E-state index contributed by atoms with van der Waals surface area (Å²) >= 11 is 0. The largest absolute Gasteiger partial charge is 0.433 e. The number of nitrogens with one attached hydrogen (secondary N) is 2. The molecule has 3 aliphatic rings. The third-order valence-corrected chi connectivity index (χ3v) is 11.9. The number of imide groups is 1. The van der Waals surface area contributed by atoms with E-state index in [-0.39, 0.29) is 41.8 Å². The van der Waals surface area contributed by atoms with Crippen LogP contribution in [0.3, 0.4) is 0 Å². The molecule has 3 amide bonds. The lowest BCUT2D eigenvalue weighted by molar-refractivity contribution is -0.141. The lowest BCUT2D eigenvalue weighted by Gasteiger charge is -2.40. The monoisotopic (exact) mass is 811 g/mol. The molecule has 1 atom stereocenters. The first-order valence-corrected chi connectivity index (χ1v) is 19.3. The lowest BCUT2D eigenvalue weighted by atomic mass is 9.85. The number of imidazole rings is 2. The molecule has 5 aromatic rings. The van der Waals surface area contributed by atoms with E-state index < -0.39 is 47.5 Å². The van der Waals surface area contributed by atoms with Crippen molar-refractivity contribution in [1.29, 1.82) is 0 Å². The van der Waals surface area contributed by atoms with E-state index in [0.717, 1.165) is 79.5 Å². The van der Waals surface area contributed by atoms with Gasteiger partial charge in [0.1, 0.15) is 18.1 Å². The topological polar surface area (TPSA) is 157 Å². The average molecular weight is 812 g/mol. The molecule has 4 aromatic heterocycles. The summed E-state index contributed by atoms with van der Waals surface area (Å²) in [6.07, 6.45) is 1.05. The van der Waals surface area contributed by atoms with Crippen LogP contribution in [0.1, 0.15) is 91.8 Å². The summed E-state index contributed by atoms with van der Waals surface area (Å²) in [6, 6.07) is 5.87. The maximum absolute atomic E-state index is 14.1. The van der Waals surface area contributed by atoms with Gasteiger partial charge in [-0.05, 0) is 76.1 Å². The van der Waals surface area contributed by atoms with Crippen LogP contribution in [0, 0.1) is 5.92 Å². The van der Waals surface area contributed by atoms with Crippen molar-refractivity contribution in [3.8, 4) is 0 Å². The van der Waals surface area contributed by atoms with Gasteiger partial charge in [0.15, 0.2) is 17.0 Å². The molecule has 20 heteroatoms. The molecule has 1 saturated carbocycles. The number of aromatic nitrogens is 7. The van der Waals surface area contributed by atoms with E-state index in [2.05, 4.69) is 42.5 Å². The van der Waals surface area contributed by atoms with E-state index in [1.807, 2.05) is 18.2 Å². The number of carbonyl (C=O) groups is 3. The summed E-state index contributed by atoms with van der Waals surface area (Å²) < 4.78 is 73.7. The van der Waals surface area contributed by atoms with Crippen molar-refractivity contribution in [3.05, 3.63) is 70.6 Å². The number of anilines is 2. The van der Waals surface area contributed by atoms with Crippen LogP contribution in [0.25, 0.3) is 16.7 Å². The van der Waals surface area contributed by atoms with E-state index >= 15 is 0 Å². The van der Waals surface area contributed by atoms with Crippen LogP contribution in [-0.4, -0.2) is 88.6 Å². The SMILES string of the molecule is CN(C[C@H]1CC[C@H](n2cc(NC(=O)c3ncn4ccc(C(F)(F)F)nc34)c(C(F)F)n2)CC1)C1CCN(c2cccc3c2n(C)c(=O)n3C2CCC(=O)NC2=O)CC1. The van der Waals surface area contributed by atoms with Gasteiger partial charge in [0, 0.05) is 51.5 Å². The number of piperidine rings is 2. The molecule has 6 heterocycles. The van der Waals surface area contributed by atoms with Gasteiger partial charge in [-0.1, -0.05) is 6.07 Å². The number of alkyl halides is 5. The van der Waals surface area contributed by atoms with Crippen LogP contribution in [0.15, 0.2) is 47.8 Å². The number of rotatable bonds is 9. The van der Waals surface area contributed by atoms with Crippen LogP contribution >= 0.6 is 0 Å². The van der Waals surface area contributed by atoms with Gasteiger partial charge in [0.05, 0.1) is 28.5 Å². The normalized spacial score (nSPS) is 21.1. The zero-order chi connectivity index (χ0) is 41.0. The summed E-state index contributed by atoms with van der Waals surface area (Å²) in [5.74, 6) is -1.42. The second kappa shape index (κ2) is 15.3. The van der Waals surface area contributed by atoms with Crippen LogP contribution in [-0.2, 0) is 22.8 Å². The van der Waals surface area contributed by atoms with Crippen LogP contribution in [0.5, 0.6) is 0 Å². The van der Waals surface area contributed by atoms with Gasteiger partial charge in [-0.2, -0.15) is 18.3 Å². The minimum atomic E-state index is -4.75. The van der Waals surface area contributed by atoms with E-state index in [0.29, 0.717) is 30.3 Å². The quantitative estimate of drug-likeness (QED) is 0.153. The molecule has 1 aliphatic carbocycles. The maximum atomic E-state index is 14.1. The lowest BCUT2D eigenvalue weighted by Crippen LogP contribution is -2.45. The van der Waals surface area contributed by atoms with Gasteiger partial charge in [0.2, 0.25) is 11.8 Å². The maximum Gasteiger partial charge on any atom is 0.433 e. The fraction of sp³-hybridized carbons (Fsp3) is 0.500. The second-order valence-corrected chi connectivity index (χ2v) is 15.5. The zero-order valence-corrected chi connectivity index (χ0v) is 31.8. The Bertz CT molecular complexity index is 2440. The number of nitrogens with zero attached hydrogens (tertiary/aromatic N) is 9. The summed E-state index contributed by atoms with van der Waals surface area (Å²) in [4.78, 5) is 63.0. The van der Waals surface area contributed by atoms with Gasteiger partial charge in [-0.15, -0.1) is 0 Å². The highest BCUT2D eigenvalue weighted by Gasteiger charge is 2.35. The fourth-order valence-corrected chi connectivity index (χ4v) is 8.82. The number of benzene rings is 1. The molecule has 58 heavy (non-hydrogen) atoms. The smallest absolute Gasteiger partial charge is 0.370 e. The van der Waals surface area contributed by atoms with Gasteiger partial charge in [-0.25, -0.2) is 23.5 Å². The van der Waals surface area contributed by atoms with Gasteiger partial charge in [0.25, 0.3) is 12.3 Å². The Hall–Kier alpha value is -5.66. The number of amides is 3. The summed E-state index contributed by atoms with van der Waals surface area (Å²) in [5, 5.41) is 8.85. The summed E-state index contributed by atoms with van der Waals surface area (Å²) in [5.41, 5.74) is -0.887. The second-order valence-electron chi connectivity index (χ2n) is 15.5. The Morgan fingerprint density at radius 1 is 1.03 bits per heavy atom. The number of fused-ring (bicyclic) bond motifs is 2. The molecular weight excluding hydrogens is 769 g/mol. The van der Waals surface area contributed by atoms with Crippen LogP contribution < -0.4 is 21.2 Å². The summed E-state index contributed by atoms with van der Waals surface area (Å²) in [6.45, 7) is 2.40. The van der Waals surface area contributed by atoms with Crippen LogP contribution in [0.2, 0.25) is 0 Å². The molecule has 2 saturated heterocycles. The molecule has 15 nitrogen and oxygen atoms in total. The number of hydrogen-bond acceptors (Lipinski definition) is 9. The first kappa shape index (κ1) is 39.2. The highest BCUT2D eigenvalue weighted by atomic mass is 19.4. The molecule has 308 valence electrons. The van der Waals surface area contributed by atoms with Crippen LogP contribution in [0.4, 0.5) is 33.3 Å². The van der Waals surface area contributed by atoms with Crippen molar-refractivity contribution in [2.24, 2.45) is 13.0 Å². The van der Waals surface area contributed by atoms with Crippen molar-refractivity contribution in [2.45, 2.75) is 82.1 Å². The molecule has 0 radical (unpaired) electrons. The number of para-hydroxylation sites is 1. The number of carbonyl (C=O) groups excluding carboxylic acids is 3. The third kappa shape index (κ3) is 7.33. The highest BCUT2D eigenvalue weighted by Crippen LogP contribution is 2.37. The van der Waals surface area contributed by atoms with Crippen molar-refractivity contribution in [2.75, 3.05) is 36.9 Å². The fourth-order valence-electron chi connectivity index (χ4n) is 8.82. The minimum absolute atomic E-state index is 0.171. The predicted molar refractivity (Wildman–Crippen MR) is 201 cm³/mol. The van der Waals surface area contributed by atoms with Crippen molar-refractivity contribution >= 4 is 45.8 Å². The molecule has 3 fully saturated rings. The van der Waals surface area contributed by atoms with E-state index in [9.17, 15) is 41.1 Å². The Morgan fingerprint density at radius 3 is 2.47 bits per heavy atom.